The van der Waals surface area contributed by atoms with E-state index in [0.717, 1.165) is 17.8 Å². The van der Waals surface area contributed by atoms with Gasteiger partial charge in [0.2, 0.25) is 15.9 Å². The third-order valence-corrected chi connectivity index (χ3v) is 7.96. The number of hydrogen-bond donors (Lipinski definition) is 1. The predicted molar refractivity (Wildman–Crippen MR) is 121 cm³/mol. The van der Waals surface area contributed by atoms with Crippen molar-refractivity contribution in [3.63, 3.8) is 0 Å². The number of piperidine rings is 1. The van der Waals surface area contributed by atoms with E-state index in [2.05, 4.69) is 10.2 Å². The first kappa shape index (κ1) is 23.0. The summed E-state index contributed by atoms with van der Waals surface area (Å²) in [5.41, 5.74) is 1.35. The second-order valence-corrected chi connectivity index (χ2v) is 10.2. The van der Waals surface area contributed by atoms with Gasteiger partial charge in [0.15, 0.2) is 0 Å². The number of ether oxygens (including phenoxy) is 1. The van der Waals surface area contributed by atoms with Gasteiger partial charge in [0.1, 0.15) is 5.82 Å². The van der Waals surface area contributed by atoms with Gasteiger partial charge >= 0.3 is 0 Å². The summed E-state index contributed by atoms with van der Waals surface area (Å²) in [6.07, 6.45) is 1.14. The average molecular weight is 482 g/mol. The molecule has 1 amide bonds. The molecule has 2 fully saturated rings. The standard InChI is InChI=1S/C22H25ClFN3O4S/c23-19-4-1-5-20(21(19)26-11-13-31-14-12-26)25-22(28)16-3-2-10-27(15-16)32(29,30)18-8-6-17(24)7-9-18/h1,4-9,16H,2-3,10-15H2,(H,25,28)/t16-/m1/s1. The molecule has 7 nitrogen and oxygen atoms in total. The number of carbonyl (C=O) groups excluding carboxylic acids is 1. The maximum Gasteiger partial charge on any atom is 0.243 e. The van der Waals surface area contributed by atoms with Gasteiger partial charge < -0.3 is 15.0 Å². The van der Waals surface area contributed by atoms with Gasteiger partial charge in [0, 0.05) is 26.2 Å². The van der Waals surface area contributed by atoms with E-state index in [0.29, 0.717) is 56.4 Å². The fraction of sp³-hybridized carbons (Fsp3) is 0.409. The molecule has 0 aliphatic carbocycles. The van der Waals surface area contributed by atoms with Crippen LogP contribution in [0.15, 0.2) is 47.4 Å². The van der Waals surface area contributed by atoms with Crippen LogP contribution in [0.4, 0.5) is 15.8 Å². The van der Waals surface area contributed by atoms with Gasteiger partial charge in [0.25, 0.3) is 0 Å². The highest BCUT2D eigenvalue weighted by Gasteiger charge is 2.34. The van der Waals surface area contributed by atoms with Crippen molar-refractivity contribution < 1.29 is 22.3 Å². The van der Waals surface area contributed by atoms with E-state index in [9.17, 15) is 17.6 Å². The Bertz CT molecular complexity index is 1080. The van der Waals surface area contributed by atoms with Crippen molar-refractivity contribution in [2.24, 2.45) is 5.92 Å². The first-order chi connectivity index (χ1) is 15.4. The maximum absolute atomic E-state index is 13.2. The van der Waals surface area contributed by atoms with Crippen LogP contribution in [0.2, 0.25) is 5.02 Å². The van der Waals surface area contributed by atoms with Gasteiger partial charge in [-0.05, 0) is 49.2 Å². The molecule has 2 aliphatic heterocycles. The number of hydrogen-bond acceptors (Lipinski definition) is 5. The van der Waals surface area contributed by atoms with Crippen molar-refractivity contribution in [2.45, 2.75) is 17.7 Å². The Labute approximate surface area is 192 Å². The van der Waals surface area contributed by atoms with Crippen LogP contribution in [-0.4, -0.2) is 58.0 Å². The SMILES string of the molecule is O=C(Nc1cccc(Cl)c1N1CCOCC1)[C@@H]1CCCN(S(=O)(=O)c2ccc(F)cc2)C1. The fourth-order valence-corrected chi connectivity index (χ4v) is 5.91. The molecule has 2 aromatic carbocycles. The monoisotopic (exact) mass is 481 g/mol. The van der Waals surface area contributed by atoms with Crippen LogP contribution in [0, 0.1) is 11.7 Å². The first-order valence-electron chi connectivity index (χ1n) is 10.5. The zero-order valence-electron chi connectivity index (χ0n) is 17.5. The molecule has 0 spiro atoms. The number of nitrogens with zero attached hydrogens (tertiary/aromatic N) is 2. The Morgan fingerprint density at radius 1 is 1.09 bits per heavy atom. The van der Waals surface area contributed by atoms with Crippen molar-refractivity contribution in [2.75, 3.05) is 49.6 Å². The van der Waals surface area contributed by atoms with Crippen LogP contribution in [0.5, 0.6) is 0 Å². The van der Waals surface area contributed by atoms with Crippen LogP contribution >= 0.6 is 11.6 Å². The number of nitrogens with one attached hydrogen (secondary N) is 1. The molecule has 0 saturated carbocycles. The Balaban J connectivity index is 1.50. The third-order valence-electron chi connectivity index (χ3n) is 5.78. The Kier molecular flexibility index (Phi) is 6.99. The molecule has 1 atom stereocenters. The first-order valence-corrected chi connectivity index (χ1v) is 12.4. The number of para-hydroxylation sites is 1. The molecule has 10 heteroatoms. The predicted octanol–water partition coefficient (Wildman–Crippen LogP) is 3.36. The summed E-state index contributed by atoms with van der Waals surface area (Å²) in [4.78, 5) is 15.2. The van der Waals surface area contributed by atoms with Gasteiger partial charge in [0.05, 0.1) is 40.4 Å². The lowest BCUT2D eigenvalue weighted by Gasteiger charge is -2.33. The molecule has 0 aromatic heterocycles. The summed E-state index contributed by atoms with van der Waals surface area (Å²) in [6.45, 7) is 2.88. The van der Waals surface area contributed by atoms with Crippen molar-refractivity contribution in [3.05, 3.63) is 53.3 Å². The van der Waals surface area contributed by atoms with Gasteiger partial charge in [-0.25, -0.2) is 12.8 Å². The van der Waals surface area contributed by atoms with E-state index in [4.69, 9.17) is 16.3 Å². The molecule has 2 aromatic rings. The van der Waals surface area contributed by atoms with E-state index in [-0.39, 0.29) is 17.3 Å². The number of carbonyl (C=O) groups is 1. The summed E-state index contributed by atoms with van der Waals surface area (Å²) in [5.74, 6) is -1.26. The van der Waals surface area contributed by atoms with E-state index >= 15 is 0 Å². The topological polar surface area (TPSA) is 79.0 Å². The summed E-state index contributed by atoms with van der Waals surface area (Å²) in [5, 5.41) is 3.50. The molecular formula is C22H25ClFN3O4S. The van der Waals surface area contributed by atoms with E-state index < -0.39 is 21.8 Å². The average Bonchev–Trinajstić information content (AvgIpc) is 2.80. The van der Waals surface area contributed by atoms with Crippen molar-refractivity contribution in [1.29, 1.82) is 0 Å². The van der Waals surface area contributed by atoms with E-state index in [1.165, 1.54) is 16.4 Å². The molecule has 2 saturated heterocycles. The van der Waals surface area contributed by atoms with E-state index in [1.54, 1.807) is 18.2 Å². The van der Waals surface area contributed by atoms with Crippen molar-refractivity contribution >= 4 is 38.9 Å². The smallest absolute Gasteiger partial charge is 0.243 e. The van der Waals surface area contributed by atoms with E-state index in [1.807, 2.05) is 0 Å². The van der Waals surface area contributed by atoms with Gasteiger partial charge in [-0.15, -0.1) is 0 Å². The summed E-state index contributed by atoms with van der Waals surface area (Å²) in [7, 11) is -3.81. The number of benzene rings is 2. The fourth-order valence-electron chi connectivity index (χ4n) is 4.09. The molecule has 2 heterocycles. The lowest BCUT2D eigenvalue weighted by Crippen LogP contribution is -2.44. The number of rotatable bonds is 5. The highest BCUT2D eigenvalue weighted by atomic mass is 35.5. The number of anilines is 2. The molecule has 0 unspecified atom stereocenters. The second-order valence-electron chi connectivity index (χ2n) is 7.88. The number of amides is 1. The Morgan fingerprint density at radius 2 is 1.81 bits per heavy atom. The summed E-state index contributed by atoms with van der Waals surface area (Å²) < 4.78 is 45.8. The molecule has 172 valence electrons. The zero-order chi connectivity index (χ0) is 22.7. The second kappa shape index (κ2) is 9.74. The van der Waals surface area contributed by atoms with Gasteiger partial charge in [-0.3, -0.25) is 4.79 Å². The van der Waals surface area contributed by atoms with Crippen LogP contribution in [0.25, 0.3) is 0 Å². The van der Waals surface area contributed by atoms with Gasteiger partial charge in [-0.1, -0.05) is 17.7 Å². The lowest BCUT2D eigenvalue weighted by molar-refractivity contribution is -0.120. The number of sulfonamides is 1. The molecule has 32 heavy (non-hydrogen) atoms. The quantitative estimate of drug-likeness (QED) is 0.708. The molecule has 0 bridgehead atoms. The lowest BCUT2D eigenvalue weighted by atomic mass is 9.98. The minimum Gasteiger partial charge on any atom is -0.378 e. The largest absolute Gasteiger partial charge is 0.378 e. The summed E-state index contributed by atoms with van der Waals surface area (Å²) in [6, 6.07) is 10.1. The normalized spacial score (nSPS) is 20.2. The molecular weight excluding hydrogens is 457 g/mol. The zero-order valence-corrected chi connectivity index (χ0v) is 19.0. The van der Waals surface area contributed by atoms with Crippen LogP contribution in [-0.2, 0) is 19.6 Å². The highest BCUT2D eigenvalue weighted by molar-refractivity contribution is 7.89. The van der Waals surface area contributed by atoms with Crippen molar-refractivity contribution in [1.82, 2.24) is 4.31 Å². The van der Waals surface area contributed by atoms with Crippen LogP contribution < -0.4 is 10.2 Å². The van der Waals surface area contributed by atoms with Crippen molar-refractivity contribution in [3.8, 4) is 0 Å². The molecule has 0 radical (unpaired) electrons. The third kappa shape index (κ3) is 4.91. The Hall–Kier alpha value is -2.20. The number of halogens is 2. The van der Waals surface area contributed by atoms with Crippen LogP contribution in [0.3, 0.4) is 0 Å². The van der Waals surface area contributed by atoms with Crippen LogP contribution in [0.1, 0.15) is 12.8 Å². The minimum absolute atomic E-state index is 0.0180. The molecule has 4 rings (SSSR count). The molecule has 1 N–H and O–H groups in total. The summed E-state index contributed by atoms with van der Waals surface area (Å²) >= 11 is 6.45. The minimum atomic E-state index is -3.81. The van der Waals surface area contributed by atoms with Gasteiger partial charge in [-0.2, -0.15) is 4.31 Å². The highest BCUT2D eigenvalue weighted by Crippen LogP contribution is 2.35. The number of morpholine rings is 1. The maximum atomic E-state index is 13.2. The molecule has 2 aliphatic rings. The Morgan fingerprint density at radius 3 is 2.53 bits per heavy atom.